The van der Waals surface area contributed by atoms with Gasteiger partial charge >= 0.3 is 0 Å². The van der Waals surface area contributed by atoms with Gasteiger partial charge in [0.25, 0.3) is 16.0 Å². The van der Waals surface area contributed by atoms with Crippen LogP contribution in [0, 0.1) is 0 Å². The maximum absolute atomic E-state index is 11.6. The number of alkyl halides is 1. The van der Waals surface area contributed by atoms with Crippen LogP contribution in [-0.2, 0) is 24.7 Å². The molecule has 1 rings (SSSR count). The van der Waals surface area contributed by atoms with Gasteiger partial charge in [0.1, 0.15) is 10.6 Å². The van der Waals surface area contributed by atoms with E-state index in [4.69, 9.17) is 26.6 Å². The second-order valence-electron chi connectivity index (χ2n) is 4.66. The van der Waals surface area contributed by atoms with Gasteiger partial charge in [0.15, 0.2) is 16.4 Å². The smallest absolute Gasteiger partial charge is 0.298 e. The van der Waals surface area contributed by atoms with Gasteiger partial charge < -0.3 is 15.8 Å². The zero-order valence-corrected chi connectivity index (χ0v) is 16.0. The predicted molar refractivity (Wildman–Crippen MR) is 95.8 cm³/mol. The van der Waals surface area contributed by atoms with Gasteiger partial charge in [0.2, 0.25) is 0 Å². The lowest BCUT2D eigenvalue weighted by Gasteiger charge is -2.10. The molecule has 1 amide bonds. The third kappa shape index (κ3) is 8.59. The molecule has 13 heteroatoms. The molecule has 0 unspecified atom stereocenters. The van der Waals surface area contributed by atoms with E-state index in [1.807, 2.05) is 0 Å². The second kappa shape index (κ2) is 10.0. The molecule has 1 aromatic rings. The van der Waals surface area contributed by atoms with E-state index < -0.39 is 37.4 Å². The fourth-order valence-corrected chi connectivity index (χ4v) is 3.83. The summed E-state index contributed by atoms with van der Waals surface area (Å²) in [7, 11) is -7.91. The third-order valence-electron chi connectivity index (χ3n) is 2.73. The van der Waals surface area contributed by atoms with Gasteiger partial charge in [-0.25, -0.2) is 8.42 Å². The molecule has 0 bridgehead atoms. The van der Waals surface area contributed by atoms with Gasteiger partial charge in [-0.2, -0.15) is 8.42 Å². The summed E-state index contributed by atoms with van der Waals surface area (Å²) in [5, 5.41) is 2.31. The number of hydrogen-bond donors (Lipinski definition) is 3. The number of anilines is 1. The van der Waals surface area contributed by atoms with E-state index in [9.17, 15) is 21.6 Å². The molecule has 9 nitrogen and oxygen atoms in total. The van der Waals surface area contributed by atoms with Crippen LogP contribution in [-0.4, -0.2) is 57.8 Å². The molecule has 0 aliphatic rings. The molecule has 0 radical (unpaired) electrons. The standard InChI is InChI=1S/C12H17ClN2O7S2.ClH/c13-3-5-23(17,18)6-4-15-12(16)8-22-10-2-1-9(14)7-11(10)24(19,20)21;/h1-2,7H,3-6,8,14H2,(H,15,16)(H,19,20,21);1H. The Morgan fingerprint density at radius 2 is 1.88 bits per heavy atom. The molecule has 1 aromatic carbocycles. The number of nitrogens with one attached hydrogen (secondary N) is 1. The van der Waals surface area contributed by atoms with Crippen molar-refractivity contribution in [1.29, 1.82) is 0 Å². The molecule has 0 heterocycles. The highest BCUT2D eigenvalue weighted by atomic mass is 35.5. The van der Waals surface area contributed by atoms with Crippen molar-refractivity contribution in [3.63, 3.8) is 0 Å². The van der Waals surface area contributed by atoms with Crippen molar-refractivity contribution in [2.45, 2.75) is 4.90 Å². The number of nitrogens with two attached hydrogens (primary N) is 1. The number of carbonyl (C=O) groups excluding carboxylic acids is 1. The summed E-state index contributed by atoms with van der Waals surface area (Å²) in [6.45, 7) is -0.698. The Balaban J connectivity index is 0.00000576. The molecule has 0 saturated carbocycles. The van der Waals surface area contributed by atoms with Crippen molar-refractivity contribution in [1.82, 2.24) is 5.32 Å². The summed E-state index contributed by atoms with van der Waals surface area (Å²) < 4.78 is 59.4. The number of nitrogen functional groups attached to an aromatic ring is 1. The molecule has 144 valence electrons. The van der Waals surface area contributed by atoms with E-state index in [0.29, 0.717) is 0 Å². The van der Waals surface area contributed by atoms with Crippen LogP contribution in [0.25, 0.3) is 0 Å². The number of halogens is 2. The average molecular weight is 437 g/mol. The zero-order chi connectivity index (χ0) is 18.4. The van der Waals surface area contributed by atoms with E-state index >= 15 is 0 Å². The monoisotopic (exact) mass is 436 g/mol. The number of carbonyl (C=O) groups is 1. The Kier molecular flexibility index (Phi) is 9.51. The van der Waals surface area contributed by atoms with E-state index in [1.165, 1.54) is 12.1 Å². The lowest BCUT2D eigenvalue weighted by molar-refractivity contribution is -0.123. The normalized spacial score (nSPS) is 11.4. The van der Waals surface area contributed by atoms with Crippen LogP contribution >= 0.6 is 24.0 Å². The van der Waals surface area contributed by atoms with Crippen LogP contribution in [0.4, 0.5) is 5.69 Å². The summed E-state index contributed by atoms with van der Waals surface area (Å²) in [6, 6.07) is 3.51. The molecule has 4 N–H and O–H groups in total. The molecule has 25 heavy (non-hydrogen) atoms. The van der Waals surface area contributed by atoms with E-state index in [-0.39, 0.29) is 47.8 Å². The minimum Gasteiger partial charge on any atom is -0.482 e. The topological polar surface area (TPSA) is 153 Å². The maximum atomic E-state index is 11.6. The first-order valence-corrected chi connectivity index (χ1v) is 10.4. The van der Waals surface area contributed by atoms with Gasteiger partial charge in [-0.05, 0) is 18.2 Å². The molecule has 0 aromatic heterocycles. The molecule has 0 aliphatic heterocycles. The lowest BCUT2D eigenvalue weighted by atomic mass is 10.3. The lowest BCUT2D eigenvalue weighted by Crippen LogP contribution is -2.33. The van der Waals surface area contributed by atoms with E-state index in [0.717, 1.165) is 6.07 Å². The Morgan fingerprint density at radius 3 is 2.44 bits per heavy atom. The van der Waals surface area contributed by atoms with Gasteiger partial charge in [-0.1, -0.05) is 0 Å². The Hall–Kier alpha value is -1.27. The van der Waals surface area contributed by atoms with Gasteiger partial charge in [0.05, 0.1) is 11.5 Å². The van der Waals surface area contributed by atoms with Crippen LogP contribution in [0.5, 0.6) is 5.75 Å². The van der Waals surface area contributed by atoms with Crippen molar-refractivity contribution in [3.8, 4) is 5.75 Å². The van der Waals surface area contributed by atoms with Crippen molar-refractivity contribution < 1.29 is 30.9 Å². The molecule has 0 fully saturated rings. The first-order chi connectivity index (χ1) is 11.0. The van der Waals surface area contributed by atoms with Crippen molar-refractivity contribution in [2.24, 2.45) is 0 Å². The van der Waals surface area contributed by atoms with E-state index in [1.54, 1.807) is 0 Å². The first kappa shape index (κ1) is 23.7. The molecule has 0 aliphatic carbocycles. The minimum absolute atomic E-state index is 0. The molecular formula is C12H18Cl2N2O7S2. The van der Waals surface area contributed by atoms with Crippen LogP contribution < -0.4 is 15.8 Å². The Labute approximate surface area is 156 Å². The van der Waals surface area contributed by atoms with Crippen molar-refractivity contribution >= 4 is 55.6 Å². The fraction of sp³-hybridized carbons (Fsp3) is 0.417. The highest BCUT2D eigenvalue weighted by Crippen LogP contribution is 2.25. The third-order valence-corrected chi connectivity index (χ3v) is 5.67. The fourth-order valence-electron chi connectivity index (χ4n) is 1.61. The highest BCUT2D eigenvalue weighted by molar-refractivity contribution is 7.91. The first-order valence-electron chi connectivity index (χ1n) is 6.58. The van der Waals surface area contributed by atoms with Crippen LogP contribution in [0.2, 0.25) is 0 Å². The van der Waals surface area contributed by atoms with Crippen LogP contribution in [0.1, 0.15) is 0 Å². The summed E-state index contributed by atoms with van der Waals surface area (Å²) in [4.78, 5) is 11.0. The number of amides is 1. The summed E-state index contributed by atoms with van der Waals surface area (Å²) >= 11 is 5.34. The van der Waals surface area contributed by atoms with Crippen molar-refractivity contribution in [2.75, 3.05) is 36.3 Å². The SMILES string of the molecule is Cl.Nc1ccc(OCC(=O)NCCS(=O)(=O)CCCl)c(S(=O)(=O)O)c1. The predicted octanol–water partition coefficient (Wildman–Crippen LogP) is 0.0859. The summed E-state index contributed by atoms with van der Waals surface area (Å²) in [5.41, 5.74) is 5.52. The summed E-state index contributed by atoms with van der Waals surface area (Å²) in [6.07, 6.45) is 0. The quantitative estimate of drug-likeness (QED) is 0.279. The van der Waals surface area contributed by atoms with Crippen LogP contribution in [0.3, 0.4) is 0 Å². The number of hydrogen-bond acceptors (Lipinski definition) is 7. The minimum atomic E-state index is -4.58. The van der Waals surface area contributed by atoms with E-state index in [2.05, 4.69) is 5.32 Å². The van der Waals surface area contributed by atoms with Gasteiger partial charge in [0, 0.05) is 18.1 Å². The van der Waals surface area contributed by atoms with Gasteiger partial charge in [-0.15, -0.1) is 24.0 Å². The number of ether oxygens (including phenoxy) is 1. The molecule has 0 saturated heterocycles. The maximum Gasteiger partial charge on any atom is 0.298 e. The molecular weight excluding hydrogens is 419 g/mol. The second-order valence-corrected chi connectivity index (χ2v) is 8.73. The Morgan fingerprint density at radius 1 is 1.24 bits per heavy atom. The highest BCUT2D eigenvalue weighted by Gasteiger charge is 2.18. The number of sulfone groups is 1. The molecule has 0 atom stereocenters. The average Bonchev–Trinajstić information content (AvgIpc) is 2.44. The largest absolute Gasteiger partial charge is 0.482 e. The Bertz CT molecular complexity index is 798. The van der Waals surface area contributed by atoms with Crippen molar-refractivity contribution in [3.05, 3.63) is 18.2 Å². The molecule has 0 spiro atoms. The van der Waals surface area contributed by atoms with Crippen LogP contribution in [0.15, 0.2) is 23.1 Å². The number of rotatable bonds is 9. The summed E-state index contributed by atoms with van der Waals surface area (Å²) in [5.74, 6) is -1.41. The zero-order valence-electron chi connectivity index (χ0n) is 12.8. The van der Waals surface area contributed by atoms with Gasteiger partial charge in [-0.3, -0.25) is 9.35 Å². The number of benzene rings is 1.